The molecular formula is C52H60N4OPt-2. The zero-order valence-electron chi connectivity index (χ0n) is 37.2. The van der Waals surface area contributed by atoms with Gasteiger partial charge in [0.25, 0.3) is 6.33 Å². The van der Waals surface area contributed by atoms with Crippen molar-refractivity contribution in [2.45, 2.75) is 131 Å². The van der Waals surface area contributed by atoms with Crippen molar-refractivity contribution in [1.82, 2.24) is 14.1 Å². The number of benzene rings is 4. The summed E-state index contributed by atoms with van der Waals surface area (Å²) in [6, 6.07) is 35.5. The Morgan fingerprint density at radius 2 is 1.17 bits per heavy atom. The van der Waals surface area contributed by atoms with Gasteiger partial charge >= 0.3 is 0 Å². The molecule has 7 aromatic rings. The fourth-order valence-corrected chi connectivity index (χ4v) is 7.27. The van der Waals surface area contributed by atoms with Crippen molar-refractivity contribution in [3.05, 3.63) is 138 Å². The van der Waals surface area contributed by atoms with Crippen LogP contribution in [0.1, 0.15) is 132 Å². The third-order valence-electron chi connectivity index (χ3n) is 11.0. The zero-order chi connectivity index (χ0) is 41.5. The Labute approximate surface area is 361 Å². The number of imidazole rings is 1. The van der Waals surface area contributed by atoms with E-state index in [9.17, 15) is 0 Å². The molecule has 3 heterocycles. The van der Waals surface area contributed by atoms with Gasteiger partial charge in [0.2, 0.25) is 0 Å². The molecule has 0 bridgehead atoms. The molecule has 0 N–H and O–H groups in total. The van der Waals surface area contributed by atoms with Crippen molar-refractivity contribution < 1.29 is 30.4 Å². The van der Waals surface area contributed by atoms with Gasteiger partial charge in [-0.05, 0) is 90.7 Å². The van der Waals surface area contributed by atoms with Gasteiger partial charge in [-0.3, -0.25) is 4.57 Å². The van der Waals surface area contributed by atoms with Crippen molar-refractivity contribution in [1.29, 1.82) is 0 Å². The molecule has 6 heteroatoms. The van der Waals surface area contributed by atoms with Crippen LogP contribution in [0.5, 0.6) is 11.5 Å². The van der Waals surface area contributed by atoms with E-state index in [1.807, 2.05) is 24.4 Å². The second kappa shape index (κ2) is 15.0. The number of pyridine rings is 1. The zero-order valence-corrected chi connectivity index (χ0v) is 39.4. The summed E-state index contributed by atoms with van der Waals surface area (Å²) in [4.78, 5) is 4.90. The molecule has 4 aromatic carbocycles. The van der Waals surface area contributed by atoms with Gasteiger partial charge in [-0.1, -0.05) is 128 Å². The van der Waals surface area contributed by atoms with Gasteiger partial charge in [-0.15, -0.1) is 29.7 Å². The van der Waals surface area contributed by atoms with Crippen LogP contribution in [0.4, 0.5) is 0 Å². The van der Waals surface area contributed by atoms with Crippen LogP contribution in [0.15, 0.2) is 91.3 Å². The molecule has 3 aromatic heterocycles. The largest absolute Gasteiger partial charge is 0.510 e. The second-order valence-electron chi connectivity index (χ2n) is 20.9. The van der Waals surface area contributed by atoms with Crippen molar-refractivity contribution in [2.75, 3.05) is 0 Å². The summed E-state index contributed by atoms with van der Waals surface area (Å²) < 4.78 is 13.1. The molecule has 306 valence electrons. The van der Waals surface area contributed by atoms with Gasteiger partial charge in [0, 0.05) is 50.5 Å². The van der Waals surface area contributed by atoms with Gasteiger partial charge in [0.1, 0.15) is 5.82 Å². The summed E-state index contributed by atoms with van der Waals surface area (Å²) in [5.74, 6) is 2.08. The number of aromatic nitrogens is 4. The van der Waals surface area contributed by atoms with Crippen LogP contribution in [-0.4, -0.2) is 14.1 Å². The molecule has 0 aliphatic heterocycles. The molecule has 0 spiro atoms. The normalized spacial score (nSPS) is 12.9. The van der Waals surface area contributed by atoms with Gasteiger partial charge in [0.15, 0.2) is 0 Å². The molecule has 7 rings (SSSR count). The molecule has 0 aliphatic rings. The monoisotopic (exact) mass is 951 g/mol. The number of rotatable bonds is 5. The average Bonchev–Trinajstić information content (AvgIpc) is 3.71. The summed E-state index contributed by atoms with van der Waals surface area (Å²) >= 11 is 0. The Morgan fingerprint density at radius 3 is 1.78 bits per heavy atom. The van der Waals surface area contributed by atoms with Gasteiger partial charge < -0.3 is 13.9 Å². The minimum absolute atomic E-state index is 0. The van der Waals surface area contributed by atoms with Gasteiger partial charge in [-0.2, -0.15) is 18.2 Å². The van der Waals surface area contributed by atoms with Crippen LogP contribution in [0.25, 0.3) is 39.0 Å². The summed E-state index contributed by atoms with van der Waals surface area (Å²) in [5.41, 5.74) is 10.0. The number of ether oxygens (including phenoxy) is 1. The maximum absolute atomic E-state index is 6.64. The summed E-state index contributed by atoms with van der Waals surface area (Å²) in [5, 5.41) is 2.28. The molecule has 0 saturated carbocycles. The molecule has 0 amide bonds. The van der Waals surface area contributed by atoms with Crippen molar-refractivity contribution in [3.63, 3.8) is 0 Å². The Kier molecular flexibility index (Phi) is 11.1. The van der Waals surface area contributed by atoms with E-state index in [0.29, 0.717) is 11.5 Å². The first-order valence-corrected chi connectivity index (χ1v) is 20.3. The number of hydrogen-bond donors (Lipinski definition) is 0. The summed E-state index contributed by atoms with van der Waals surface area (Å²) in [6.07, 6.45) is 7.82. The van der Waals surface area contributed by atoms with Crippen LogP contribution in [0.2, 0.25) is 0 Å². The van der Waals surface area contributed by atoms with E-state index < -0.39 is 0 Å². The minimum Gasteiger partial charge on any atom is -0.510 e. The second-order valence-corrected chi connectivity index (χ2v) is 20.9. The van der Waals surface area contributed by atoms with Crippen molar-refractivity contribution >= 4 is 21.8 Å². The van der Waals surface area contributed by atoms with Crippen LogP contribution < -0.4 is 9.30 Å². The van der Waals surface area contributed by atoms with Crippen LogP contribution in [-0.2, 0) is 48.1 Å². The van der Waals surface area contributed by atoms with E-state index in [0.717, 1.165) is 39.3 Å². The summed E-state index contributed by atoms with van der Waals surface area (Å²) in [6.45, 7) is 33.9. The van der Waals surface area contributed by atoms with Crippen LogP contribution >= 0.6 is 0 Å². The van der Waals surface area contributed by atoms with E-state index in [1.54, 1.807) is 0 Å². The van der Waals surface area contributed by atoms with E-state index in [-0.39, 0.29) is 48.1 Å². The molecule has 0 radical (unpaired) electrons. The molecular weight excluding hydrogens is 892 g/mol. The standard InChI is InChI=1S/C52H60N4O.Pt/c1-48(2,3)34-19-22-44-43(28-34)42-21-20-41(31-45(42)56(44)47-29-35(23-24-53-47)49(4,5)6)57-40-18-16-17-38(30-40)55-33-54(32-46(55)52(13,14)15)39-26-36(50(7,8)9)25-37(27-39)51(10,11)12;/h16-29,32H,1-15H3;/q-2;. The first-order chi connectivity index (χ1) is 26.4. The molecule has 58 heavy (non-hydrogen) atoms. The number of hydrogen-bond acceptors (Lipinski definition) is 2. The average molecular weight is 952 g/mol. The number of fused-ring (bicyclic) bond motifs is 3. The third-order valence-corrected chi connectivity index (χ3v) is 11.0. The Bertz CT molecular complexity index is 2590. The van der Waals surface area contributed by atoms with E-state index in [1.165, 1.54) is 27.6 Å². The predicted molar refractivity (Wildman–Crippen MR) is 236 cm³/mol. The molecule has 0 saturated heterocycles. The Balaban J connectivity index is 0.00000567. The fourth-order valence-electron chi connectivity index (χ4n) is 7.27. The Morgan fingerprint density at radius 1 is 0.569 bits per heavy atom. The quantitative estimate of drug-likeness (QED) is 0.127. The molecule has 0 atom stereocenters. The van der Waals surface area contributed by atoms with Crippen molar-refractivity contribution in [2.24, 2.45) is 0 Å². The molecule has 0 aliphatic carbocycles. The third kappa shape index (κ3) is 8.62. The Hall–Kier alpha value is -4.47. The van der Waals surface area contributed by atoms with Gasteiger partial charge in [-0.25, -0.2) is 4.98 Å². The van der Waals surface area contributed by atoms with E-state index in [2.05, 4.69) is 203 Å². The molecule has 0 fully saturated rings. The smallest absolute Gasteiger partial charge is 0.267 e. The predicted octanol–water partition coefficient (Wildman–Crippen LogP) is 12.9. The molecule has 0 unspecified atom stereocenters. The van der Waals surface area contributed by atoms with Crippen LogP contribution in [0.3, 0.4) is 0 Å². The number of nitrogens with zero attached hydrogens (tertiary/aromatic N) is 4. The maximum Gasteiger partial charge on any atom is 0.267 e. The first-order valence-electron chi connectivity index (χ1n) is 20.3. The fraction of sp³-hybridized carbons (Fsp3) is 0.385. The van der Waals surface area contributed by atoms with Gasteiger partial charge in [0.05, 0.1) is 11.4 Å². The topological polar surface area (TPSA) is 35.9 Å². The summed E-state index contributed by atoms with van der Waals surface area (Å²) in [7, 11) is 0. The first kappa shape index (κ1) is 43.1. The van der Waals surface area contributed by atoms with Crippen molar-refractivity contribution in [3.8, 4) is 28.7 Å². The van der Waals surface area contributed by atoms with E-state index >= 15 is 0 Å². The maximum atomic E-state index is 6.64. The molecule has 5 nitrogen and oxygen atoms in total. The minimum atomic E-state index is -0.168. The van der Waals surface area contributed by atoms with Crippen LogP contribution in [0, 0.1) is 18.5 Å². The van der Waals surface area contributed by atoms with E-state index in [4.69, 9.17) is 9.72 Å². The SMILES string of the molecule is CC(C)(C)c1cc(-[n+]2[c-]n(-c3[c-]c(Oc4[c-]c5c(cc4)c4cc(C(C)(C)C)ccc4n5-c4cc(C(C)(C)C)ccn4)ccc3)c(C(C)(C)C)c2)cc(C(C)(C)C)c1.[Pt].